The summed E-state index contributed by atoms with van der Waals surface area (Å²) < 4.78 is 0.505. The molecule has 4 rings (SSSR count). The summed E-state index contributed by atoms with van der Waals surface area (Å²) in [6, 6.07) is 8.06. The van der Waals surface area contributed by atoms with E-state index >= 15 is 0 Å². The zero-order valence-electron chi connectivity index (χ0n) is 16.2. The maximum Gasteiger partial charge on any atom is 0.257 e. The fourth-order valence-corrected chi connectivity index (χ4v) is 7.33. The van der Waals surface area contributed by atoms with Crippen LogP contribution < -0.4 is 5.32 Å². The Hall–Kier alpha value is -1.02. The summed E-state index contributed by atoms with van der Waals surface area (Å²) in [5.41, 5.74) is 3.05. The van der Waals surface area contributed by atoms with Crippen LogP contribution in [-0.2, 0) is 6.54 Å². The number of hydrogen-bond acceptors (Lipinski definition) is 6. The molecule has 0 radical (unpaired) electrons. The Balaban J connectivity index is 1.32. The predicted molar refractivity (Wildman–Crippen MR) is 122 cm³/mol. The van der Waals surface area contributed by atoms with Crippen LogP contribution in [0.3, 0.4) is 0 Å². The van der Waals surface area contributed by atoms with E-state index < -0.39 is 0 Å². The van der Waals surface area contributed by atoms with Gasteiger partial charge in [0.2, 0.25) is 0 Å². The van der Waals surface area contributed by atoms with Crippen LogP contribution in [0.2, 0.25) is 0 Å². The lowest BCUT2D eigenvalue weighted by molar-refractivity contribution is 0.102. The lowest BCUT2D eigenvalue weighted by Gasteiger charge is -2.30. The average molecular weight is 434 g/mol. The van der Waals surface area contributed by atoms with Crippen LogP contribution in [0.15, 0.2) is 29.6 Å². The van der Waals surface area contributed by atoms with Crippen LogP contribution in [-0.4, -0.2) is 40.4 Å². The first-order valence-electron chi connectivity index (χ1n) is 9.98. The van der Waals surface area contributed by atoms with E-state index in [0.29, 0.717) is 15.3 Å². The molecule has 2 aromatic rings. The van der Waals surface area contributed by atoms with Crippen molar-refractivity contribution in [1.82, 2.24) is 9.88 Å². The van der Waals surface area contributed by atoms with Crippen molar-refractivity contribution in [3.63, 3.8) is 0 Å². The standard InChI is InChI=1S/C21H27N3OS3/c1-15-4-2-9-24(12-15)13-18-14-28-21(22-18)23-19(25)16-5-7-17(8-6-16)20-26-10-3-11-27-20/h5-8,14-15,20H,2-4,9-13H2,1H3,(H,22,23,25)/t15-/m0/s1. The van der Waals surface area contributed by atoms with Gasteiger partial charge in [-0.2, -0.15) is 0 Å². The van der Waals surface area contributed by atoms with E-state index in [1.54, 1.807) is 0 Å². The molecule has 0 spiro atoms. The van der Waals surface area contributed by atoms with Crippen molar-refractivity contribution >= 4 is 45.9 Å². The first-order valence-corrected chi connectivity index (χ1v) is 13.0. The number of carbonyl (C=O) groups excluding carboxylic acids is 1. The van der Waals surface area contributed by atoms with Crippen molar-refractivity contribution < 1.29 is 4.79 Å². The summed E-state index contributed by atoms with van der Waals surface area (Å²) in [5.74, 6) is 3.13. The summed E-state index contributed by atoms with van der Waals surface area (Å²) in [4.78, 5) is 19.7. The van der Waals surface area contributed by atoms with E-state index in [0.717, 1.165) is 31.2 Å². The second-order valence-electron chi connectivity index (χ2n) is 7.63. The SMILES string of the molecule is C[C@H]1CCCN(Cc2csc(NC(=O)c3ccc(C4SCCCS4)cc3)n2)C1. The van der Waals surface area contributed by atoms with Gasteiger partial charge in [0.25, 0.3) is 5.91 Å². The summed E-state index contributed by atoms with van der Waals surface area (Å²) >= 11 is 5.51. The van der Waals surface area contributed by atoms with Crippen molar-refractivity contribution in [1.29, 1.82) is 0 Å². The minimum Gasteiger partial charge on any atom is -0.298 e. The minimum atomic E-state index is -0.0806. The maximum atomic E-state index is 12.6. The number of benzene rings is 1. The Morgan fingerprint density at radius 3 is 2.75 bits per heavy atom. The van der Waals surface area contributed by atoms with Crippen molar-refractivity contribution in [3.8, 4) is 0 Å². The van der Waals surface area contributed by atoms with Gasteiger partial charge in [-0.25, -0.2) is 4.98 Å². The fourth-order valence-electron chi connectivity index (χ4n) is 3.74. The molecule has 1 aromatic carbocycles. The number of rotatable bonds is 5. The molecule has 7 heteroatoms. The predicted octanol–water partition coefficient (Wildman–Crippen LogP) is 5.50. The van der Waals surface area contributed by atoms with Crippen molar-refractivity contribution in [2.24, 2.45) is 5.92 Å². The average Bonchev–Trinajstić information content (AvgIpc) is 3.15. The normalized spacial score (nSPS) is 21.5. The third-order valence-electron chi connectivity index (χ3n) is 5.17. The molecule has 0 saturated carbocycles. The van der Waals surface area contributed by atoms with Gasteiger partial charge in [-0.1, -0.05) is 19.1 Å². The van der Waals surface area contributed by atoms with E-state index in [1.165, 1.54) is 47.7 Å². The molecule has 150 valence electrons. The Morgan fingerprint density at radius 2 is 2.00 bits per heavy atom. The van der Waals surface area contributed by atoms with Gasteiger partial charge in [-0.3, -0.25) is 15.0 Å². The van der Waals surface area contributed by atoms with E-state index in [2.05, 4.69) is 39.6 Å². The first-order chi connectivity index (χ1) is 13.7. The lowest BCUT2D eigenvalue weighted by atomic mass is 10.0. The number of carbonyl (C=O) groups is 1. The topological polar surface area (TPSA) is 45.2 Å². The fraction of sp³-hybridized carbons (Fsp3) is 0.524. The van der Waals surface area contributed by atoms with Crippen LogP contribution in [0, 0.1) is 5.92 Å². The number of thioether (sulfide) groups is 2. The third-order valence-corrected chi connectivity index (χ3v) is 8.99. The van der Waals surface area contributed by atoms with E-state index in [9.17, 15) is 4.79 Å². The van der Waals surface area contributed by atoms with Gasteiger partial charge < -0.3 is 0 Å². The molecular weight excluding hydrogens is 406 g/mol. The highest BCUT2D eigenvalue weighted by atomic mass is 32.2. The summed E-state index contributed by atoms with van der Waals surface area (Å²) in [7, 11) is 0. The lowest BCUT2D eigenvalue weighted by Crippen LogP contribution is -2.33. The summed E-state index contributed by atoms with van der Waals surface area (Å²) in [5, 5.41) is 5.72. The molecule has 0 unspecified atom stereocenters. The molecule has 1 amide bonds. The quantitative estimate of drug-likeness (QED) is 0.675. The molecule has 3 heterocycles. The molecule has 1 aromatic heterocycles. The van der Waals surface area contributed by atoms with Crippen LogP contribution in [0.25, 0.3) is 0 Å². The van der Waals surface area contributed by atoms with Crippen molar-refractivity contribution in [2.45, 2.75) is 37.3 Å². The third kappa shape index (κ3) is 5.32. The molecule has 1 atom stereocenters. The molecule has 4 nitrogen and oxygen atoms in total. The van der Waals surface area contributed by atoms with Gasteiger partial charge in [0.05, 0.1) is 10.3 Å². The van der Waals surface area contributed by atoms with Gasteiger partial charge in [0.1, 0.15) is 0 Å². The van der Waals surface area contributed by atoms with Gasteiger partial charge in [-0.15, -0.1) is 34.9 Å². The monoisotopic (exact) mass is 433 g/mol. The number of thiazole rings is 1. The molecule has 28 heavy (non-hydrogen) atoms. The molecular formula is C21H27N3OS3. The maximum absolute atomic E-state index is 12.6. The molecule has 0 bridgehead atoms. The van der Waals surface area contributed by atoms with Crippen molar-refractivity contribution in [2.75, 3.05) is 29.9 Å². The number of aromatic nitrogens is 1. The van der Waals surface area contributed by atoms with Crippen LogP contribution >= 0.6 is 34.9 Å². The van der Waals surface area contributed by atoms with Gasteiger partial charge in [0, 0.05) is 24.0 Å². The smallest absolute Gasteiger partial charge is 0.257 e. The van der Waals surface area contributed by atoms with Crippen LogP contribution in [0.5, 0.6) is 0 Å². The number of amides is 1. The van der Waals surface area contributed by atoms with Gasteiger partial charge in [0.15, 0.2) is 5.13 Å². The van der Waals surface area contributed by atoms with Gasteiger partial charge in [-0.05, 0) is 60.9 Å². The first kappa shape index (κ1) is 20.3. The Morgan fingerprint density at radius 1 is 1.21 bits per heavy atom. The minimum absolute atomic E-state index is 0.0806. The molecule has 2 aliphatic heterocycles. The van der Waals surface area contributed by atoms with E-state index in [-0.39, 0.29) is 5.91 Å². The molecule has 2 aliphatic rings. The zero-order chi connectivity index (χ0) is 19.3. The highest BCUT2D eigenvalue weighted by molar-refractivity contribution is 8.16. The number of nitrogens with zero attached hydrogens (tertiary/aromatic N) is 2. The molecule has 0 aliphatic carbocycles. The second kappa shape index (κ2) is 9.65. The van der Waals surface area contributed by atoms with E-state index in [4.69, 9.17) is 0 Å². The molecule has 2 saturated heterocycles. The molecule has 2 fully saturated rings. The number of likely N-dealkylation sites (tertiary alicyclic amines) is 1. The highest BCUT2D eigenvalue weighted by Gasteiger charge is 2.19. The zero-order valence-corrected chi connectivity index (χ0v) is 18.7. The number of anilines is 1. The molecule has 1 N–H and O–H groups in total. The number of hydrogen-bond donors (Lipinski definition) is 1. The summed E-state index contributed by atoms with van der Waals surface area (Å²) in [6.07, 6.45) is 3.88. The Kier molecular flexibility index (Phi) is 6.99. The number of piperidine rings is 1. The Bertz CT molecular complexity index is 786. The highest BCUT2D eigenvalue weighted by Crippen LogP contribution is 2.43. The van der Waals surface area contributed by atoms with Crippen LogP contribution in [0.4, 0.5) is 5.13 Å². The summed E-state index contributed by atoms with van der Waals surface area (Å²) in [6.45, 7) is 5.48. The van der Waals surface area contributed by atoms with E-state index in [1.807, 2.05) is 35.7 Å². The second-order valence-corrected chi connectivity index (χ2v) is 11.2. The van der Waals surface area contributed by atoms with Gasteiger partial charge >= 0.3 is 0 Å². The Labute approximate surface area is 179 Å². The number of nitrogens with one attached hydrogen (secondary N) is 1. The van der Waals surface area contributed by atoms with Crippen LogP contribution in [0.1, 0.15) is 52.4 Å². The van der Waals surface area contributed by atoms with Crippen molar-refractivity contribution in [3.05, 3.63) is 46.5 Å². The largest absolute Gasteiger partial charge is 0.298 e.